The lowest BCUT2D eigenvalue weighted by molar-refractivity contribution is 0.768. The Hall–Kier alpha value is -1.32. The van der Waals surface area contributed by atoms with Gasteiger partial charge in [-0.05, 0) is 19.8 Å². The van der Waals surface area contributed by atoms with Crippen molar-refractivity contribution in [3.05, 3.63) is 22.1 Å². The first-order chi connectivity index (χ1) is 7.08. The summed E-state index contributed by atoms with van der Waals surface area (Å²) in [4.78, 5) is 20.7. The maximum Gasteiger partial charge on any atom is 0.252 e. The average molecular weight is 209 g/mol. The molecule has 0 saturated carbocycles. The van der Waals surface area contributed by atoms with Gasteiger partial charge in [0.2, 0.25) is 5.95 Å². The molecule has 0 aromatic carbocycles. The van der Waals surface area contributed by atoms with Gasteiger partial charge >= 0.3 is 0 Å². The van der Waals surface area contributed by atoms with Crippen LogP contribution in [-0.4, -0.2) is 23.1 Å². The van der Waals surface area contributed by atoms with Crippen LogP contribution in [-0.2, 0) is 0 Å². The zero-order valence-corrected chi connectivity index (χ0v) is 9.87. The smallest absolute Gasteiger partial charge is 0.252 e. The molecule has 0 aliphatic carbocycles. The van der Waals surface area contributed by atoms with Gasteiger partial charge in [-0.1, -0.05) is 13.8 Å². The molecule has 4 nitrogen and oxygen atoms in total. The van der Waals surface area contributed by atoms with Gasteiger partial charge in [-0.3, -0.25) is 9.78 Å². The molecule has 1 N–H and O–H groups in total. The minimum absolute atomic E-state index is 0.0735. The Morgan fingerprint density at radius 3 is 2.47 bits per heavy atom. The first-order valence-corrected chi connectivity index (χ1v) is 5.44. The zero-order valence-electron chi connectivity index (χ0n) is 9.87. The normalized spacial score (nSPS) is 10.7. The van der Waals surface area contributed by atoms with Crippen molar-refractivity contribution in [2.75, 3.05) is 18.0 Å². The van der Waals surface area contributed by atoms with E-state index in [1.165, 1.54) is 0 Å². The molecule has 1 heterocycles. The van der Waals surface area contributed by atoms with Crippen molar-refractivity contribution >= 4 is 5.95 Å². The molecule has 4 heteroatoms. The van der Waals surface area contributed by atoms with Crippen LogP contribution in [0.3, 0.4) is 0 Å². The van der Waals surface area contributed by atoms with Crippen LogP contribution in [0.2, 0.25) is 0 Å². The van der Waals surface area contributed by atoms with Crippen molar-refractivity contribution in [3.63, 3.8) is 0 Å². The molecule has 0 bridgehead atoms. The van der Waals surface area contributed by atoms with Crippen LogP contribution in [0.15, 0.2) is 10.9 Å². The molecule has 0 radical (unpaired) electrons. The van der Waals surface area contributed by atoms with E-state index >= 15 is 0 Å². The highest BCUT2D eigenvalue weighted by Crippen LogP contribution is 2.12. The molecule has 1 rings (SSSR count). The van der Waals surface area contributed by atoms with Gasteiger partial charge in [0.25, 0.3) is 5.56 Å². The van der Waals surface area contributed by atoms with E-state index in [2.05, 4.69) is 9.97 Å². The van der Waals surface area contributed by atoms with Crippen LogP contribution in [0.5, 0.6) is 0 Å². The van der Waals surface area contributed by atoms with E-state index in [0.717, 1.165) is 18.8 Å². The van der Waals surface area contributed by atoms with Crippen LogP contribution in [0.25, 0.3) is 0 Å². The summed E-state index contributed by atoms with van der Waals surface area (Å²) in [7, 11) is 0. The Labute approximate surface area is 90.3 Å². The molecule has 0 saturated heterocycles. The van der Waals surface area contributed by atoms with Gasteiger partial charge in [-0.15, -0.1) is 0 Å². The Morgan fingerprint density at radius 2 is 2.00 bits per heavy atom. The molecule has 0 amide bonds. The Morgan fingerprint density at radius 1 is 1.40 bits per heavy atom. The molecule has 0 fully saturated rings. The van der Waals surface area contributed by atoms with Crippen LogP contribution in [0, 0.1) is 0 Å². The lowest BCUT2D eigenvalue weighted by atomic mass is 10.1. The average Bonchev–Trinajstić information content (AvgIpc) is 2.18. The van der Waals surface area contributed by atoms with Crippen LogP contribution in [0.1, 0.15) is 39.3 Å². The molecule has 15 heavy (non-hydrogen) atoms. The third-order valence-corrected chi connectivity index (χ3v) is 2.40. The summed E-state index contributed by atoms with van der Waals surface area (Å²) in [6, 6.07) is 1.57. The standard InChI is InChI=1S/C11H19N3O/c1-5-14(6-2)11-12-9(8(3)4)7-10(15)13-11/h7-8H,5-6H2,1-4H3,(H,12,13,15). The van der Waals surface area contributed by atoms with Gasteiger partial charge in [0, 0.05) is 19.2 Å². The Balaban J connectivity index is 3.13. The van der Waals surface area contributed by atoms with Gasteiger partial charge in [0.15, 0.2) is 0 Å². The number of hydrogen-bond acceptors (Lipinski definition) is 3. The highest BCUT2D eigenvalue weighted by molar-refractivity contribution is 5.30. The second kappa shape index (κ2) is 4.96. The summed E-state index contributed by atoms with van der Waals surface area (Å²) in [5.41, 5.74) is 0.774. The first-order valence-electron chi connectivity index (χ1n) is 5.44. The summed E-state index contributed by atoms with van der Waals surface area (Å²) >= 11 is 0. The maximum absolute atomic E-state index is 11.4. The van der Waals surface area contributed by atoms with Crippen LogP contribution < -0.4 is 10.5 Å². The molecule has 0 aliphatic heterocycles. The predicted molar refractivity (Wildman–Crippen MR) is 62.5 cm³/mol. The molecular weight excluding hydrogens is 190 g/mol. The fraction of sp³-hybridized carbons (Fsp3) is 0.636. The second-order valence-electron chi connectivity index (χ2n) is 3.82. The van der Waals surface area contributed by atoms with E-state index in [-0.39, 0.29) is 11.5 Å². The van der Waals surface area contributed by atoms with Gasteiger partial charge in [-0.25, -0.2) is 4.98 Å². The second-order valence-corrected chi connectivity index (χ2v) is 3.82. The van der Waals surface area contributed by atoms with E-state index in [9.17, 15) is 4.79 Å². The number of rotatable bonds is 4. The molecule has 84 valence electrons. The molecule has 1 aromatic rings. The van der Waals surface area contributed by atoms with Crippen molar-refractivity contribution in [2.45, 2.75) is 33.6 Å². The molecule has 0 atom stereocenters. The maximum atomic E-state index is 11.4. The molecular formula is C11H19N3O. The Bertz CT molecular complexity index is 366. The van der Waals surface area contributed by atoms with Crippen molar-refractivity contribution in [1.29, 1.82) is 0 Å². The van der Waals surface area contributed by atoms with Gasteiger partial charge in [0.1, 0.15) is 0 Å². The van der Waals surface area contributed by atoms with Gasteiger partial charge in [-0.2, -0.15) is 0 Å². The third-order valence-electron chi connectivity index (χ3n) is 2.40. The summed E-state index contributed by atoms with van der Waals surface area (Å²) in [5.74, 6) is 0.956. The summed E-state index contributed by atoms with van der Waals surface area (Å²) in [5, 5.41) is 0. The zero-order chi connectivity index (χ0) is 11.4. The lowest BCUT2D eigenvalue weighted by Crippen LogP contribution is -2.27. The third kappa shape index (κ3) is 2.81. The number of hydrogen-bond donors (Lipinski definition) is 1. The van der Waals surface area contributed by atoms with E-state index in [1.807, 2.05) is 32.6 Å². The topological polar surface area (TPSA) is 49.0 Å². The number of H-pyrrole nitrogens is 1. The number of nitrogens with one attached hydrogen (secondary N) is 1. The lowest BCUT2D eigenvalue weighted by Gasteiger charge is -2.19. The molecule has 1 aromatic heterocycles. The van der Waals surface area contributed by atoms with E-state index in [0.29, 0.717) is 5.95 Å². The summed E-state index contributed by atoms with van der Waals surface area (Å²) < 4.78 is 0. The fourth-order valence-corrected chi connectivity index (χ4v) is 1.43. The van der Waals surface area contributed by atoms with Crippen molar-refractivity contribution in [2.24, 2.45) is 0 Å². The highest BCUT2D eigenvalue weighted by atomic mass is 16.1. The molecule has 0 aliphatic rings. The fourth-order valence-electron chi connectivity index (χ4n) is 1.43. The van der Waals surface area contributed by atoms with Crippen molar-refractivity contribution in [1.82, 2.24) is 9.97 Å². The number of nitrogens with zero attached hydrogens (tertiary/aromatic N) is 2. The summed E-state index contributed by atoms with van der Waals surface area (Å²) in [6.07, 6.45) is 0. The van der Waals surface area contributed by atoms with Crippen LogP contribution >= 0.6 is 0 Å². The number of aromatic amines is 1. The number of anilines is 1. The minimum atomic E-state index is -0.0735. The largest absolute Gasteiger partial charge is 0.343 e. The monoisotopic (exact) mass is 209 g/mol. The van der Waals surface area contributed by atoms with Crippen molar-refractivity contribution in [3.8, 4) is 0 Å². The van der Waals surface area contributed by atoms with E-state index in [1.54, 1.807) is 6.07 Å². The first kappa shape index (κ1) is 11.8. The minimum Gasteiger partial charge on any atom is -0.343 e. The quantitative estimate of drug-likeness (QED) is 0.821. The van der Waals surface area contributed by atoms with Crippen LogP contribution in [0.4, 0.5) is 5.95 Å². The molecule has 0 spiro atoms. The SMILES string of the molecule is CCN(CC)c1nc(C(C)C)cc(=O)[nH]1. The number of aromatic nitrogens is 2. The van der Waals surface area contributed by atoms with E-state index in [4.69, 9.17) is 0 Å². The molecule has 0 unspecified atom stereocenters. The Kier molecular flexibility index (Phi) is 3.88. The van der Waals surface area contributed by atoms with E-state index < -0.39 is 0 Å². The van der Waals surface area contributed by atoms with Gasteiger partial charge < -0.3 is 4.90 Å². The van der Waals surface area contributed by atoms with Gasteiger partial charge in [0.05, 0.1) is 5.69 Å². The van der Waals surface area contributed by atoms with Crippen molar-refractivity contribution < 1.29 is 0 Å². The highest BCUT2D eigenvalue weighted by Gasteiger charge is 2.08. The predicted octanol–water partition coefficient (Wildman–Crippen LogP) is 1.74. The summed E-state index contributed by atoms with van der Waals surface area (Å²) in [6.45, 7) is 9.86.